The highest BCUT2D eigenvalue weighted by Crippen LogP contribution is 2.24. The zero-order chi connectivity index (χ0) is 26.5. The number of H-pyrrole nitrogens is 2. The van der Waals surface area contributed by atoms with Crippen molar-refractivity contribution in [3.05, 3.63) is 74.8 Å². The van der Waals surface area contributed by atoms with Crippen LogP contribution in [0.15, 0.2) is 35.1 Å². The van der Waals surface area contributed by atoms with Crippen molar-refractivity contribution in [3.63, 3.8) is 0 Å². The second kappa shape index (κ2) is 11.0. The Morgan fingerprint density at radius 3 is 2.78 bits per heavy atom. The van der Waals surface area contributed by atoms with Crippen LogP contribution in [0.4, 0.5) is 10.1 Å². The topological polar surface area (TPSA) is 133 Å². The summed E-state index contributed by atoms with van der Waals surface area (Å²) in [5.74, 6) is 2.51. The van der Waals surface area contributed by atoms with Gasteiger partial charge in [-0.2, -0.15) is 5.21 Å². The number of halogens is 1. The molecule has 0 radical (unpaired) electrons. The molecule has 1 atom stereocenters. The highest BCUT2D eigenvalue weighted by molar-refractivity contribution is 5.95. The van der Waals surface area contributed by atoms with Crippen molar-refractivity contribution >= 4 is 22.5 Å². The van der Waals surface area contributed by atoms with Crippen molar-refractivity contribution in [3.8, 4) is 12.3 Å². The van der Waals surface area contributed by atoms with Crippen LogP contribution in [0.2, 0.25) is 0 Å². The van der Waals surface area contributed by atoms with Gasteiger partial charge >= 0.3 is 0 Å². The number of terminal acetylenes is 1. The summed E-state index contributed by atoms with van der Waals surface area (Å²) < 4.78 is 15.1. The highest BCUT2D eigenvalue weighted by Gasteiger charge is 2.18. The predicted molar refractivity (Wildman–Crippen MR) is 138 cm³/mol. The number of aryl methyl sites for hydroxylation is 3. The van der Waals surface area contributed by atoms with Crippen LogP contribution in [0.1, 0.15) is 46.5 Å². The lowest BCUT2D eigenvalue weighted by atomic mass is 10.0. The smallest absolute Gasteiger partial charge is 0.258 e. The number of hydrogen-bond acceptors (Lipinski definition) is 7. The molecule has 0 fully saturated rings. The number of aromatic nitrogens is 6. The lowest BCUT2D eigenvalue weighted by molar-refractivity contribution is 0.0934. The molecule has 0 aliphatic carbocycles. The van der Waals surface area contributed by atoms with Gasteiger partial charge in [0.25, 0.3) is 11.5 Å². The Kier molecular flexibility index (Phi) is 7.57. The fourth-order valence-corrected chi connectivity index (χ4v) is 4.07. The first-order valence-electron chi connectivity index (χ1n) is 11.8. The first-order chi connectivity index (χ1) is 17.7. The standard InChI is InChI=1S/C26H27FN8O2/c1-5-10-35(14-18-12-21-23(11-15(18)2)29-17(4)30-26(21)37)19-7-8-20(22(27)13-19)25(36)28-16(3)6-9-24-31-33-34-32-24/h1,7-8,11-13,16H,6,9-10,14H2,2-4H3,(H,28,36)(H,29,30,37)(H,31,32,33,34)/t16-/m1/s1. The molecule has 190 valence electrons. The van der Waals surface area contributed by atoms with Gasteiger partial charge in [-0.3, -0.25) is 9.59 Å². The van der Waals surface area contributed by atoms with Gasteiger partial charge in [0.15, 0.2) is 5.82 Å². The molecule has 2 heterocycles. The average Bonchev–Trinajstić information content (AvgIpc) is 3.37. The van der Waals surface area contributed by atoms with Gasteiger partial charge in [-0.25, -0.2) is 9.37 Å². The summed E-state index contributed by atoms with van der Waals surface area (Å²) in [5, 5.41) is 16.9. The monoisotopic (exact) mass is 502 g/mol. The van der Waals surface area contributed by atoms with Crippen molar-refractivity contribution in [2.45, 2.75) is 46.2 Å². The summed E-state index contributed by atoms with van der Waals surface area (Å²) in [6.07, 6.45) is 6.69. The largest absolute Gasteiger partial charge is 0.356 e. The molecule has 1 amide bonds. The molecule has 3 N–H and O–H groups in total. The molecule has 0 bridgehead atoms. The molecule has 37 heavy (non-hydrogen) atoms. The molecular weight excluding hydrogens is 475 g/mol. The third-order valence-electron chi connectivity index (χ3n) is 6.05. The zero-order valence-electron chi connectivity index (χ0n) is 20.8. The van der Waals surface area contributed by atoms with Crippen molar-refractivity contribution in [1.82, 2.24) is 35.9 Å². The number of nitrogens with zero attached hydrogens (tertiary/aromatic N) is 5. The van der Waals surface area contributed by atoms with E-state index in [1.54, 1.807) is 19.1 Å². The van der Waals surface area contributed by atoms with Gasteiger partial charge < -0.3 is 15.2 Å². The molecule has 4 aromatic rings. The maximum absolute atomic E-state index is 15.1. The molecule has 0 saturated heterocycles. The summed E-state index contributed by atoms with van der Waals surface area (Å²) in [4.78, 5) is 34.0. The van der Waals surface area contributed by atoms with Gasteiger partial charge in [0.2, 0.25) is 0 Å². The summed E-state index contributed by atoms with van der Waals surface area (Å²) in [5.41, 5.74) is 2.63. The predicted octanol–water partition coefficient (Wildman–Crippen LogP) is 2.58. The average molecular weight is 503 g/mol. The number of tetrazole rings is 1. The van der Waals surface area contributed by atoms with Crippen LogP contribution in [-0.4, -0.2) is 49.1 Å². The zero-order valence-corrected chi connectivity index (χ0v) is 20.8. The second-order valence-electron chi connectivity index (χ2n) is 8.91. The van der Waals surface area contributed by atoms with Crippen molar-refractivity contribution in [2.75, 3.05) is 11.4 Å². The summed E-state index contributed by atoms with van der Waals surface area (Å²) >= 11 is 0. The van der Waals surface area contributed by atoms with Gasteiger partial charge in [0.1, 0.15) is 11.6 Å². The molecule has 0 aliphatic rings. The maximum atomic E-state index is 15.1. The number of fused-ring (bicyclic) bond motifs is 1. The number of rotatable bonds is 9. The van der Waals surface area contributed by atoms with E-state index in [2.05, 4.69) is 41.8 Å². The first kappa shape index (κ1) is 25.5. The van der Waals surface area contributed by atoms with E-state index in [9.17, 15) is 9.59 Å². The second-order valence-corrected chi connectivity index (χ2v) is 8.91. The maximum Gasteiger partial charge on any atom is 0.258 e. The van der Waals surface area contributed by atoms with Crippen LogP contribution in [0.5, 0.6) is 0 Å². The number of carbonyl (C=O) groups excluding carboxylic acids is 1. The third-order valence-corrected chi connectivity index (χ3v) is 6.05. The number of benzene rings is 2. The van der Waals surface area contributed by atoms with E-state index in [1.165, 1.54) is 12.1 Å². The lowest BCUT2D eigenvalue weighted by Gasteiger charge is -2.24. The molecule has 2 aromatic heterocycles. The molecule has 0 unspecified atom stereocenters. The van der Waals surface area contributed by atoms with E-state index in [0.29, 0.717) is 47.6 Å². The van der Waals surface area contributed by atoms with Gasteiger partial charge in [-0.15, -0.1) is 16.6 Å². The molecule has 0 spiro atoms. The van der Waals surface area contributed by atoms with Crippen LogP contribution < -0.4 is 15.8 Å². The number of anilines is 1. The fourth-order valence-electron chi connectivity index (χ4n) is 4.07. The van der Waals surface area contributed by atoms with E-state index < -0.39 is 11.7 Å². The Morgan fingerprint density at radius 2 is 2.08 bits per heavy atom. The number of aromatic amines is 2. The van der Waals surface area contributed by atoms with Crippen LogP contribution in [-0.2, 0) is 13.0 Å². The molecular formula is C26H27FN8O2. The molecule has 0 aliphatic heterocycles. The third kappa shape index (κ3) is 5.98. The lowest BCUT2D eigenvalue weighted by Crippen LogP contribution is -2.33. The minimum atomic E-state index is -0.659. The molecule has 10 nitrogen and oxygen atoms in total. The van der Waals surface area contributed by atoms with Gasteiger partial charge in [0.05, 0.1) is 23.0 Å². The van der Waals surface area contributed by atoms with Crippen LogP contribution in [0.3, 0.4) is 0 Å². The number of amides is 1. The Bertz CT molecular complexity index is 1520. The summed E-state index contributed by atoms with van der Waals surface area (Å²) in [7, 11) is 0. The number of carbonyl (C=O) groups is 1. The fraction of sp³-hybridized carbons (Fsp3) is 0.308. The minimum absolute atomic E-state index is 0.0642. The summed E-state index contributed by atoms with van der Waals surface area (Å²) in [6, 6.07) is 7.82. The highest BCUT2D eigenvalue weighted by atomic mass is 19.1. The van der Waals surface area contributed by atoms with Crippen molar-refractivity contribution in [1.29, 1.82) is 0 Å². The Morgan fingerprint density at radius 1 is 1.27 bits per heavy atom. The van der Waals surface area contributed by atoms with Crippen molar-refractivity contribution in [2.24, 2.45) is 0 Å². The van der Waals surface area contributed by atoms with Crippen LogP contribution in [0, 0.1) is 32.0 Å². The SMILES string of the molecule is C#CCN(Cc1cc2c(=O)[nH]c(C)nc2cc1C)c1ccc(C(=O)N[C@H](C)CCc2nn[nH]n2)c(F)c1. The van der Waals surface area contributed by atoms with Gasteiger partial charge in [-0.05, 0) is 68.7 Å². The molecule has 11 heteroatoms. The van der Waals surface area contributed by atoms with E-state index in [4.69, 9.17) is 6.42 Å². The van der Waals surface area contributed by atoms with Crippen LogP contribution >= 0.6 is 0 Å². The van der Waals surface area contributed by atoms with E-state index >= 15 is 4.39 Å². The Hall–Kier alpha value is -4.59. The molecule has 0 saturated carbocycles. The van der Waals surface area contributed by atoms with E-state index in [0.717, 1.165) is 11.1 Å². The molecule has 2 aromatic carbocycles. The van der Waals surface area contributed by atoms with Crippen LogP contribution in [0.25, 0.3) is 10.9 Å². The van der Waals surface area contributed by atoms with Gasteiger partial charge in [-0.1, -0.05) is 11.1 Å². The number of nitrogens with one attached hydrogen (secondary N) is 3. The van der Waals surface area contributed by atoms with E-state index in [-0.39, 0.29) is 23.7 Å². The summed E-state index contributed by atoms with van der Waals surface area (Å²) in [6.45, 7) is 6.03. The first-order valence-corrected chi connectivity index (χ1v) is 11.8. The van der Waals surface area contributed by atoms with Gasteiger partial charge in [0, 0.05) is 24.7 Å². The Labute approximate surface area is 212 Å². The molecule has 4 rings (SSSR count). The quantitative estimate of drug-likeness (QED) is 0.300. The van der Waals surface area contributed by atoms with Crippen molar-refractivity contribution < 1.29 is 9.18 Å². The van der Waals surface area contributed by atoms with E-state index in [1.807, 2.05) is 24.8 Å². The number of hydrogen-bond donors (Lipinski definition) is 3. The normalized spacial score (nSPS) is 11.8. The Balaban J connectivity index is 1.51. The minimum Gasteiger partial charge on any atom is -0.356 e.